The third-order valence-corrected chi connectivity index (χ3v) is 4.35. The van der Waals surface area contributed by atoms with Crippen molar-refractivity contribution >= 4 is 11.8 Å². The lowest BCUT2D eigenvalue weighted by molar-refractivity contribution is 0.0953. The number of rotatable bonds is 5. The highest BCUT2D eigenvalue weighted by Crippen LogP contribution is 2.26. The van der Waals surface area contributed by atoms with Gasteiger partial charge in [0, 0.05) is 12.2 Å². The molecule has 21 heavy (non-hydrogen) atoms. The van der Waals surface area contributed by atoms with Gasteiger partial charge in [0.05, 0.1) is 12.6 Å². The molecule has 1 aliphatic rings. The first-order valence-corrected chi connectivity index (χ1v) is 8.20. The van der Waals surface area contributed by atoms with Crippen molar-refractivity contribution < 1.29 is 9.13 Å². The average Bonchev–Trinajstić information content (AvgIpc) is 3.12. The second kappa shape index (κ2) is 6.58. The fourth-order valence-electron chi connectivity index (χ4n) is 2.49. The first-order valence-electron chi connectivity index (χ1n) is 7.21. The van der Waals surface area contributed by atoms with E-state index in [1.54, 1.807) is 23.9 Å². The standard InChI is InChI=1S/C15H18FN3OS/c1-2-21-15-18-17-14(11-5-7-12(16)8-6-11)19(15)10-13-4-3-9-20-13/h5-8,13H,2-4,9-10H2,1H3. The van der Waals surface area contributed by atoms with Gasteiger partial charge in [-0.2, -0.15) is 0 Å². The zero-order valence-corrected chi connectivity index (χ0v) is 12.8. The molecule has 2 aromatic rings. The number of benzene rings is 1. The molecular formula is C15H18FN3OS. The van der Waals surface area contributed by atoms with Crippen molar-refractivity contribution in [3.63, 3.8) is 0 Å². The summed E-state index contributed by atoms with van der Waals surface area (Å²) in [5.74, 6) is 1.47. The molecule has 1 fully saturated rings. The molecule has 3 rings (SSSR count). The fourth-order valence-corrected chi connectivity index (χ4v) is 3.17. The maximum absolute atomic E-state index is 13.1. The van der Waals surface area contributed by atoms with Crippen LogP contribution >= 0.6 is 11.8 Å². The highest BCUT2D eigenvalue weighted by molar-refractivity contribution is 7.99. The molecule has 1 aromatic carbocycles. The minimum Gasteiger partial charge on any atom is -0.376 e. The lowest BCUT2D eigenvalue weighted by atomic mass is 10.2. The van der Waals surface area contributed by atoms with Gasteiger partial charge in [-0.05, 0) is 42.9 Å². The summed E-state index contributed by atoms with van der Waals surface area (Å²) in [5, 5.41) is 9.46. The van der Waals surface area contributed by atoms with Crippen LogP contribution in [0.15, 0.2) is 29.4 Å². The Bertz CT molecular complexity index is 593. The van der Waals surface area contributed by atoms with Crippen LogP contribution < -0.4 is 0 Å². The molecule has 1 aliphatic heterocycles. The van der Waals surface area contributed by atoms with Crippen LogP contribution in [-0.2, 0) is 11.3 Å². The summed E-state index contributed by atoms with van der Waals surface area (Å²) in [5.41, 5.74) is 0.879. The summed E-state index contributed by atoms with van der Waals surface area (Å²) in [7, 11) is 0. The van der Waals surface area contributed by atoms with Crippen LogP contribution in [0, 0.1) is 5.82 Å². The van der Waals surface area contributed by atoms with Crippen molar-refractivity contribution in [2.45, 2.75) is 37.6 Å². The molecule has 4 nitrogen and oxygen atoms in total. The molecule has 0 saturated carbocycles. The molecule has 0 aliphatic carbocycles. The lowest BCUT2D eigenvalue weighted by Crippen LogP contribution is -2.16. The summed E-state index contributed by atoms with van der Waals surface area (Å²) < 4.78 is 20.9. The molecule has 112 valence electrons. The monoisotopic (exact) mass is 307 g/mol. The topological polar surface area (TPSA) is 39.9 Å². The lowest BCUT2D eigenvalue weighted by Gasteiger charge is -2.14. The third kappa shape index (κ3) is 3.27. The van der Waals surface area contributed by atoms with Crippen LogP contribution in [-0.4, -0.2) is 33.2 Å². The molecule has 6 heteroatoms. The maximum Gasteiger partial charge on any atom is 0.191 e. The van der Waals surface area contributed by atoms with Crippen LogP contribution in [0.3, 0.4) is 0 Å². The van der Waals surface area contributed by atoms with Crippen LogP contribution in [0.25, 0.3) is 11.4 Å². The molecule has 0 radical (unpaired) electrons. The van der Waals surface area contributed by atoms with E-state index in [0.717, 1.165) is 48.3 Å². The van der Waals surface area contributed by atoms with E-state index >= 15 is 0 Å². The number of aromatic nitrogens is 3. The van der Waals surface area contributed by atoms with E-state index in [9.17, 15) is 4.39 Å². The Morgan fingerprint density at radius 2 is 2.14 bits per heavy atom. The Hall–Kier alpha value is -1.40. The van der Waals surface area contributed by atoms with Gasteiger partial charge in [0.2, 0.25) is 0 Å². The smallest absolute Gasteiger partial charge is 0.191 e. The normalized spacial score (nSPS) is 18.3. The first kappa shape index (κ1) is 14.5. The van der Waals surface area contributed by atoms with Gasteiger partial charge >= 0.3 is 0 Å². The van der Waals surface area contributed by atoms with E-state index in [-0.39, 0.29) is 11.9 Å². The highest BCUT2D eigenvalue weighted by atomic mass is 32.2. The van der Waals surface area contributed by atoms with Gasteiger partial charge in [0.15, 0.2) is 11.0 Å². The molecule has 2 heterocycles. The van der Waals surface area contributed by atoms with Gasteiger partial charge in [-0.3, -0.25) is 4.57 Å². The van der Waals surface area contributed by atoms with Gasteiger partial charge in [-0.15, -0.1) is 10.2 Å². The Morgan fingerprint density at radius 1 is 1.33 bits per heavy atom. The second-order valence-electron chi connectivity index (χ2n) is 4.99. The quantitative estimate of drug-likeness (QED) is 0.794. The number of hydrogen-bond donors (Lipinski definition) is 0. The summed E-state index contributed by atoms with van der Waals surface area (Å²) in [6, 6.07) is 6.39. The summed E-state index contributed by atoms with van der Waals surface area (Å²) in [4.78, 5) is 0. The largest absolute Gasteiger partial charge is 0.376 e. The molecule has 1 saturated heterocycles. The Balaban J connectivity index is 1.93. The maximum atomic E-state index is 13.1. The summed E-state index contributed by atoms with van der Waals surface area (Å²) >= 11 is 1.66. The van der Waals surface area contributed by atoms with Crippen molar-refractivity contribution in [1.29, 1.82) is 0 Å². The van der Waals surface area contributed by atoms with E-state index < -0.39 is 0 Å². The molecule has 1 atom stereocenters. The zero-order valence-electron chi connectivity index (χ0n) is 12.0. The Kier molecular flexibility index (Phi) is 4.55. The average molecular weight is 307 g/mol. The zero-order chi connectivity index (χ0) is 14.7. The van der Waals surface area contributed by atoms with Crippen LogP contribution in [0.5, 0.6) is 0 Å². The van der Waals surface area contributed by atoms with Crippen molar-refractivity contribution in [3.8, 4) is 11.4 Å². The third-order valence-electron chi connectivity index (χ3n) is 3.50. The van der Waals surface area contributed by atoms with E-state index in [4.69, 9.17) is 4.74 Å². The van der Waals surface area contributed by atoms with Gasteiger partial charge in [-0.1, -0.05) is 18.7 Å². The number of halogens is 1. The Labute approximate surface area is 127 Å². The van der Waals surface area contributed by atoms with Crippen LogP contribution in [0.4, 0.5) is 4.39 Å². The molecule has 0 bridgehead atoms. The molecule has 1 aromatic heterocycles. The first-order chi connectivity index (χ1) is 10.3. The van der Waals surface area contributed by atoms with Gasteiger partial charge in [0.1, 0.15) is 5.82 Å². The Morgan fingerprint density at radius 3 is 2.81 bits per heavy atom. The van der Waals surface area contributed by atoms with Gasteiger partial charge in [0.25, 0.3) is 0 Å². The number of thioether (sulfide) groups is 1. The van der Waals surface area contributed by atoms with Crippen molar-refractivity contribution in [3.05, 3.63) is 30.1 Å². The fraction of sp³-hybridized carbons (Fsp3) is 0.467. The highest BCUT2D eigenvalue weighted by Gasteiger charge is 2.21. The molecule has 0 N–H and O–H groups in total. The number of ether oxygens (including phenoxy) is 1. The molecule has 0 amide bonds. The molecule has 1 unspecified atom stereocenters. The van der Waals surface area contributed by atoms with Crippen molar-refractivity contribution in [2.75, 3.05) is 12.4 Å². The number of nitrogens with zero attached hydrogens (tertiary/aromatic N) is 3. The molecule has 0 spiro atoms. The van der Waals surface area contributed by atoms with E-state index in [0.29, 0.717) is 0 Å². The van der Waals surface area contributed by atoms with Crippen LogP contribution in [0.1, 0.15) is 19.8 Å². The van der Waals surface area contributed by atoms with E-state index in [1.165, 1.54) is 12.1 Å². The summed E-state index contributed by atoms with van der Waals surface area (Å²) in [6.07, 6.45) is 2.39. The minimum absolute atomic E-state index is 0.219. The number of hydrogen-bond acceptors (Lipinski definition) is 4. The predicted octanol–water partition coefficient (Wildman–Crippen LogP) is 3.38. The second-order valence-corrected chi connectivity index (χ2v) is 6.22. The molecular weight excluding hydrogens is 289 g/mol. The minimum atomic E-state index is -0.243. The van der Waals surface area contributed by atoms with Gasteiger partial charge in [-0.25, -0.2) is 4.39 Å². The van der Waals surface area contributed by atoms with E-state index in [2.05, 4.69) is 21.7 Å². The van der Waals surface area contributed by atoms with Crippen molar-refractivity contribution in [2.24, 2.45) is 0 Å². The predicted molar refractivity (Wildman–Crippen MR) is 80.8 cm³/mol. The van der Waals surface area contributed by atoms with Gasteiger partial charge < -0.3 is 4.74 Å². The van der Waals surface area contributed by atoms with Crippen molar-refractivity contribution in [1.82, 2.24) is 14.8 Å². The van der Waals surface area contributed by atoms with Crippen LogP contribution in [0.2, 0.25) is 0 Å². The SMILES string of the molecule is CCSc1nnc(-c2ccc(F)cc2)n1CC1CCCO1. The van der Waals surface area contributed by atoms with E-state index in [1.807, 2.05) is 0 Å². The summed E-state index contributed by atoms with van der Waals surface area (Å²) in [6.45, 7) is 3.67.